The first-order valence-corrected chi connectivity index (χ1v) is 9.66. The zero-order valence-electron chi connectivity index (χ0n) is 17.5. The summed E-state index contributed by atoms with van der Waals surface area (Å²) in [5.41, 5.74) is 1.46. The van der Waals surface area contributed by atoms with Gasteiger partial charge in [0.2, 0.25) is 0 Å². The van der Waals surface area contributed by atoms with Crippen LogP contribution < -0.4 is 5.32 Å². The highest BCUT2D eigenvalue weighted by Crippen LogP contribution is 2.14. The molecule has 1 aromatic rings. The molecule has 0 bridgehead atoms. The SMILES string of the molecule is CCOCCOCC(C)(C)CNC(=O)c1ccc(CN(C)CCC(=O)O)cc1. The van der Waals surface area contributed by atoms with Crippen LogP contribution in [0.5, 0.6) is 0 Å². The lowest BCUT2D eigenvalue weighted by Gasteiger charge is -2.25. The Labute approximate surface area is 168 Å². The highest BCUT2D eigenvalue weighted by Gasteiger charge is 2.19. The van der Waals surface area contributed by atoms with Gasteiger partial charge in [-0.25, -0.2) is 0 Å². The minimum absolute atomic E-state index is 0.113. The lowest BCUT2D eigenvalue weighted by Crippen LogP contribution is -2.37. The molecular formula is C21H34N2O5. The number of nitrogens with zero attached hydrogens (tertiary/aromatic N) is 1. The number of hydrogen-bond donors (Lipinski definition) is 2. The summed E-state index contributed by atoms with van der Waals surface area (Å²) >= 11 is 0. The summed E-state index contributed by atoms with van der Waals surface area (Å²) in [7, 11) is 1.88. The van der Waals surface area contributed by atoms with Crippen LogP contribution in [0.15, 0.2) is 24.3 Å². The van der Waals surface area contributed by atoms with Crippen LogP contribution in [0.3, 0.4) is 0 Å². The fourth-order valence-corrected chi connectivity index (χ4v) is 2.52. The van der Waals surface area contributed by atoms with Gasteiger partial charge in [0, 0.05) is 37.2 Å². The third kappa shape index (κ3) is 10.4. The fraction of sp³-hybridized carbons (Fsp3) is 0.619. The van der Waals surface area contributed by atoms with Crippen molar-refractivity contribution in [2.24, 2.45) is 5.41 Å². The van der Waals surface area contributed by atoms with Crippen LogP contribution in [0.4, 0.5) is 0 Å². The van der Waals surface area contributed by atoms with Crippen LogP contribution in [0.25, 0.3) is 0 Å². The molecule has 1 aromatic carbocycles. The van der Waals surface area contributed by atoms with Gasteiger partial charge in [-0.05, 0) is 31.7 Å². The smallest absolute Gasteiger partial charge is 0.304 e. The van der Waals surface area contributed by atoms with Gasteiger partial charge in [-0.15, -0.1) is 0 Å². The standard InChI is InChI=1S/C21H34N2O5/c1-5-27-12-13-28-16-21(2,3)15-22-20(26)18-8-6-17(7-9-18)14-23(4)11-10-19(24)25/h6-9H,5,10-16H2,1-4H3,(H,22,26)(H,24,25). The molecule has 158 valence electrons. The number of carboxylic acid groups (broad SMARTS) is 1. The predicted molar refractivity (Wildman–Crippen MR) is 108 cm³/mol. The summed E-state index contributed by atoms with van der Waals surface area (Å²) in [5.74, 6) is -0.922. The number of benzene rings is 1. The second kappa shape index (κ2) is 12.5. The number of carboxylic acids is 1. The Morgan fingerprint density at radius 1 is 1.14 bits per heavy atom. The first-order chi connectivity index (χ1) is 13.2. The molecule has 0 unspecified atom stereocenters. The molecule has 0 aliphatic heterocycles. The molecule has 0 radical (unpaired) electrons. The molecule has 0 fully saturated rings. The highest BCUT2D eigenvalue weighted by atomic mass is 16.5. The molecule has 0 aliphatic rings. The van der Waals surface area contributed by atoms with E-state index in [-0.39, 0.29) is 17.7 Å². The maximum atomic E-state index is 12.4. The number of carbonyl (C=O) groups is 2. The van der Waals surface area contributed by atoms with E-state index in [1.165, 1.54) is 0 Å². The van der Waals surface area contributed by atoms with Gasteiger partial charge in [0.05, 0.1) is 26.2 Å². The van der Waals surface area contributed by atoms with Crippen LogP contribution in [-0.4, -0.2) is 68.4 Å². The Morgan fingerprint density at radius 2 is 1.79 bits per heavy atom. The molecule has 2 N–H and O–H groups in total. The topological polar surface area (TPSA) is 88.1 Å². The van der Waals surface area contributed by atoms with E-state index in [1.54, 1.807) is 12.1 Å². The van der Waals surface area contributed by atoms with E-state index in [0.717, 1.165) is 5.56 Å². The molecule has 7 nitrogen and oxygen atoms in total. The summed E-state index contributed by atoms with van der Waals surface area (Å²) in [6.45, 7) is 10.0. The number of amides is 1. The highest BCUT2D eigenvalue weighted by molar-refractivity contribution is 5.94. The van der Waals surface area contributed by atoms with E-state index in [2.05, 4.69) is 5.32 Å². The maximum Gasteiger partial charge on any atom is 0.304 e. The molecule has 7 heteroatoms. The van der Waals surface area contributed by atoms with Crippen molar-refractivity contribution in [2.75, 3.05) is 46.6 Å². The van der Waals surface area contributed by atoms with Gasteiger partial charge >= 0.3 is 5.97 Å². The van der Waals surface area contributed by atoms with E-state index in [0.29, 0.717) is 51.6 Å². The van der Waals surface area contributed by atoms with Crippen molar-refractivity contribution in [2.45, 2.75) is 33.7 Å². The molecular weight excluding hydrogens is 360 g/mol. The van der Waals surface area contributed by atoms with Gasteiger partial charge in [0.1, 0.15) is 0 Å². The number of ether oxygens (including phenoxy) is 2. The average Bonchev–Trinajstić information content (AvgIpc) is 2.65. The molecule has 0 saturated carbocycles. The van der Waals surface area contributed by atoms with Crippen LogP contribution in [-0.2, 0) is 20.8 Å². The van der Waals surface area contributed by atoms with Crippen LogP contribution in [0.2, 0.25) is 0 Å². The molecule has 1 amide bonds. The zero-order valence-corrected chi connectivity index (χ0v) is 17.5. The lowest BCUT2D eigenvalue weighted by molar-refractivity contribution is -0.137. The van der Waals surface area contributed by atoms with Gasteiger partial charge < -0.3 is 24.8 Å². The van der Waals surface area contributed by atoms with Crippen molar-refractivity contribution >= 4 is 11.9 Å². The van der Waals surface area contributed by atoms with Gasteiger partial charge in [-0.1, -0.05) is 26.0 Å². The van der Waals surface area contributed by atoms with Crippen molar-refractivity contribution in [3.63, 3.8) is 0 Å². The quantitative estimate of drug-likeness (QED) is 0.471. The van der Waals surface area contributed by atoms with Crippen molar-refractivity contribution < 1.29 is 24.2 Å². The Hall–Kier alpha value is -1.96. The number of carbonyl (C=O) groups excluding carboxylic acids is 1. The monoisotopic (exact) mass is 394 g/mol. The van der Waals surface area contributed by atoms with E-state index < -0.39 is 5.97 Å². The Morgan fingerprint density at radius 3 is 2.39 bits per heavy atom. The van der Waals surface area contributed by atoms with E-state index in [1.807, 2.05) is 44.9 Å². The van der Waals surface area contributed by atoms with Crippen molar-refractivity contribution in [1.29, 1.82) is 0 Å². The predicted octanol–water partition coefficient (Wildman–Crippen LogP) is 2.40. The molecule has 0 aliphatic carbocycles. The molecule has 0 aromatic heterocycles. The second-order valence-corrected chi connectivity index (χ2v) is 7.67. The van der Waals surface area contributed by atoms with Gasteiger partial charge in [-0.3, -0.25) is 9.59 Å². The first kappa shape index (κ1) is 24.1. The van der Waals surface area contributed by atoms with Crippen LogP contribution >= 0.6 is 0 Å². The van der Waals surface area contributed by atoms with Gasteiger partial charge in [0.15, 0.2) is 0 Å². The fourth-order valence-electron chi connectivity index (χ4n) is 2.52. The van der Waals surface area contributed by atoms with Crippen molar-refractivity contribution in [3.8, 4) is 0 Å². The molecule has 28 heavy (non-hydrogen) atoms. The molecule has 0 spiro atoms. The summed E-state index contributed by atoms with van der Waals surface area (Å²) in [4.78, 5) is 24.9. The third-order valence-electron chi connectivity index (χ3n) is 4.17. The van der Waals surface area contributed by atoms with Gasteiger partial charge in [-0.2, -0.15) is 0 Å². The van der Waals surface area contributed by atoms with Crippen molar-refractivity contribution in [1.82, 2.24) is 10.2 Å². The maximum absolute atomic E-state index is 12.4. The van der Waals surface area contributed by atoms with Gasteiger partial charge in [0.25, 0.3) is 5.91 Å². The number of rotatable bonds is 14. The third-order valence-corrected chi connectivity index (χ3v) is 4.17. The Bertz CT molecular complexity index is 601. The summed E-state index contributed by atoms with van der Waals surface area (Å²) in [5, 5.41) is 11.7. The van der Waals surface area contributed by atoms with E-state index in [9.17, 15) is 9.59 Å². The minimum atomic E-state index is -0.804. The number of aliphatic carboxylic acids is 1. The largest absolute Gasteiger partial charge is 0.481 e. The Kier molecular flexibility index (Phi) is 10.7. The van der Waals surface area contributed by atoms with Crippen LogP contribution in [0, 0.1) is 5.41 Å². The average molecular weight is 395 g/mol. The molecule has 0 atom stereocenters. The molecule has 0 saturated heterocycles. The first-order valence-electron chi connectivity index (χ1n) is 9.66. The minimum Gasteiger partial charge on any atom is -0.481 e. The zero-order chi connectivity index (χ0) is 21.0. The summed E-state index contributed by atoms with van der Waals surface area (Å²) in [6.07, 6.45) is 0.113. The summed E-state index contributed by atoms with van der Waals surface area (Å²) < 4.78 is 10.8. The molecule has 1 rings (SSSR count). The Balaban J connectivity index is 2.40. The van der Waals surface area contributed by atoms with Crippen LogP contribution in [0.1, 0.15) is 43.1 Å². The second-order valence-electron chi connectivity index (χ2n) is 7.67. The number of nitrogens with one attached hydrogen (secondary N) is 1. The normalized spacial score (nSPS) is 11.6. The summed E-state index contributed by atoms with van der Waals surface area (Å²) in [6, 6.07) is 7.38. The number of hydrogen-bond acceptors (Lipinski definition) is 5. The van der Waals surface area contributed by atoms with E-state index >= 15 is 0 Å². The van der Waals surface area contributed by atoms with E-state index in [4.69, 9.17) is 14.6 Å². The molecule has 0 heterocycles. The van der Waals surface area contributed by atoms with Crippen molar-refractivity contribution in [3.05, 3.63) is 35.4 Å². The lowest BCUT2D eigenvalue weighted by atomic mass is 9.94.